The van der Waals surface area contributed by atoms with Gasteiger partial charge in [0.05, 0.1) is 0 Å². The zero-order chi connectivity index (χ0) is 13.1. The van der Waals surface area contributed by atoms with Crippen molar-refractivity contribution < 1.29 is 14.7 Å². The van der Waals surface area contributed by atoms with Crippen LogP contribution in [0.15, 0.2) is 15.9 Å². The Hall–Kier alpha value is -0.880. The molecule has 1 aromatic rings. The van der Waals surface area contributed by atoms with Gasteiger partial charge in [0.15, 0.2) is 0 Å². The average molecular weight is 332 g/mol. The van der Waals surface area contributed by atoms with Crippen molar-refractivity contribution in [3.05, 3.63) is 20.8 Å². The van der Waals surface area contributed by atoms with E-state index in [-0.39, 0.29) is 18.2 Å². The standard InChI is InChI=1S/C12H14BrNO3S/c13-9-3-6-18-11(9)12(17)14-4-1-8(2-5-14)7-10(15)16/h3,6,8H,1-2,4-5,7H2,(H,15,16). The van der Waals surface area contributed by atoms with Gasteiger partial charge in [-0.25, -0.2) is 0 Å². The molecule has 4 nitrogen and oxygen atoms in total. The number of carboxylic acids is 1. The number of hydrogen-bond donors (Lipinski definition) is 1. The van der Waals surface area contributed by atoms with Crippen molar-refractivity contribution >= 4 is 39.1 Å². The fraction of sp³-hybridized carbons (Fsp3) is 0.500. The maximum absolute atomic E-state index is 12.2. The first-order chi connectivity index (χ1) is 8.58. The lowest BCUT2D eigenvalue weighted by molar-refractivity contribution is -0.138. The Balaban J connectivity index is 1.92. The minimum Gasteiger partial charge on any atom is -0.481 e. The molecule has 2 rings (SSSR count). The SMILES string of the molecule is O=C(O)CC1CCN(C(=O)c2sccc2Br)CC1. The van der Waals surface area contributed by atoms with Crippen LogP contribution in [0.4, 0.5) is 0 Å². The molecule has 0 atom stereocenters. The molecule has 1 fully saturated rings. The van der Waals surface area contributed by atoms with Gasteiger partial charge in [0.25, 0.3) is 5.91 Å². The van der Waals surface area contributed by atoms with Gasteiger partial charge in [-0.2, -0.15) is 0 Å². The highest BCUT2D eigenvalue weighted by molar-refractivity contribution is 9.10. The molecule has 2 heterocycles. The molecule has 0 radical (unpaired) electrons. The van der Waals surface area contributed by atoms with Crippen molar-refractivity contribution in [1.82, 2.24) is 4.90 Å². The van der Waals surface area contributed by atoms with Crippen molar-refractivity contribution in [3.63, 3.8) is 0 Å². The van der Waals surface area contributed by atoms with Gasteiger partial charge >= 0.3 is 5.97 Å². The number of piperidine rings is 1. The molecular weight excluding hydrogens is 318 g/mol. The Morgan fingerprint density at radius 2 is 2.11 bits per heavy atom. The van der Waals surface area contributed by atoms with E-state index in [1.807, 2.05) is 16.3 Å². The summed E-state index contributed by atoms with van der Waals surface area (Å²) in [7, 11) is 0. The summed E-state index contributed by atoms with van der Waals surface area (Å²) in [6.07, 6.45) is 1.77. The fourth-order valence-corrected chi connectivity index (χ4v) is 3.68. The van der Waals surface area contributed by atoms with E-state index in [0.717, 1.165) is 22.2 Å². The lowest BCUT2D eigenvalue weighted by atomic mass is 9.93. The van der Waals surface area contributed by atoms with E-state index in [0.29, 0.717) is 13.1 Å². The van der Waals surface area contributed by atoms with Gasteiger partial charge in [-0.15, -0.1) is 11.3 Å². The van der Waals surface area contributed by atoms with Crippen LogP contribution in [-0.2, 0) is 4.79 Å². The Bertz CT molecular complexity index is 452. The van der Waals surface area contributed by atoms with Crippen LogP contribution < -0.4 is 0 Å². The van der Waals surface area contributed by atoms with Crippen molar-refractivity contribution in [2.75, 3.05) is 13.1 Å². The predicted molar refractivity (Wildman–Crippen MR) is 72.9 cm³/mol. The molecule has 1 saturated heterocycles. The minimum absolute atomic E-state index is 0.0469. The zero-order valence-corrected chi connectivity index (χ0v) is 12.2. The van der Waals surface area contributed by atoms with Crippen molar-refractivity contribution in [1.29, 1.82) is 0 Å². The van der Waals surface area contributed by atoms with Crippen molar-refractivity contribution in [2.24, 2.45) is 5.92 Å². The normalized spacial score (nSPS) is 16.8. The molecule has 1 N–H and O–H groups in total. The Morgan fingerprint density at radius 1 is 1.44 bits per heavy atom. The van der Waals surface area contributed by atoms with E-state index in [2.05, 4.69) is 15.9 Å². The molecule has 0 saturated carbocycles. The van der Waals surface area contributed by atoms with Crippen LogP contribution in [0.3, 0.4) is 0 Å². The summed E-state index contributed by atoms with van der Waals surface area (Å²) in [4.78, 5) is 25.4. The first kappa shape index (κ1) is 13.5. The molecule has 18 heavy (non-hydrogen) atoms. The quantitative estimate of drug-likeness (QED) is 0.926. The molecule has 0 aromatic carbocycles. The molecule has 0 bridgehead atoms. The number of hydrogen-bond acceptors (Lipinski definition) is 3. The minimum atomic E-state index is -0.749. The molecule has 1 aromatic heterocycles. The third-order valence-electron chi connectivity index (χ3n) is 3.18. The first-order valence-electron chi connectivity index (χ1n) is 5.82. The average Bonchev–Trinajstić information content (AvgIpc) is 2.75. The summed E-state index contributed by atoms with van der Waals surface area (Å²) >= 11 is 4.79. The highest BCUT2D eigenvalue weighted by atomic mass is 79.9. The van der Waals surface area contributed by atoms with E-state index in [9.17, 15) is 9.59 Å². The third-order valence-corrected chi connectivity index (χ3v) is 5.00. The second-order valence-corrected chi connectivity index (χ2v) is 6.20. The summed E-state index contributed by atoms with van der Waals surface area (Å²) in [5, 5.41) is 10.6. The van der Waals surface area contributed by atoms with E-state index < -0.39 is 5.97 Å². The van der Waals surface area contributed by atoms with Crippen molar-refractivity contribution in [3.8, 4) is 0 Å². The number of halogens is 1. The summed E-state index contributed by atoms with van der Waals surface area (Å²) in [5.41, 5.74) is 0. The van der Waals surface area contributed by atoms with Crippen LogP contribution in [0, 0.1) is 5.92 Å². The third kappa shape index (κ3) is 3.11. The van der Waals surface area contributed by atoms with E-state index in [4.69, 9.17) is 5.11 Å². The summed E-state index contributed by atoms with van der Waals surface area (Å²) in [6, 6.07) is 1.87. The molecule has 6 heteroatoms. The number of aliphatic carboxylic acids is 1. The monoisotopic (exact) mass is 331 g/mol. The van der Waals surface area contributed by atoms with Crippen LogP contribution in [0.25, 0.3) is 0 Å². The zero-order valence-electron chi connectivity index (χ0n) is 9.76. The topological polar surface area (TPSA) is 57.6 Å². The molecule has 1 aliphatic rings. The lowest BCUT2D eigenvalue weighted by Gasteiger charge is -2.31. The summed E-state index contributed by atoms with van der Waals surface area (Å²) < 4.78 is 0.838. The maximum atomic E-state index is 12.2. The molecule has 1 amide bonds. The summed E-state index contributed by atoms with van der Waals surface area (Å²) in [6.45, 7) is 1.31. The van der Waals surface area contributed by atoms with E-state index in [1.54, 1.807) is 0 Å². The van der Waals surface area contributed by atoms with E-state index >= 15 is 0 Å². The molecule has 98 valence electrons. The smallest absolute Gasteiger partial charge is 0.303 e. The Morgan fingerprint density at radius 3 is 2.61 bits per heavy atom. The summed E-state index contributed by atoms with van der Waals surface area (Å²) in [5.74, 6) is -0.496. The molecule has 0 aliphatic carbocycles. The highest BCUT2D eigenvalue weighted by Crippen LogP contribution is 2.27. The Kier molecular flexibility index (Phi) is 4.40. The highest BCUT2D eigenvalue weighted by Gasteiger charge is 2.26. The molecular formula is C12H14BrNO3S. The number of rotatable bonds is 3. The predicted octanol–water partition coefficient (Wildman–Crippen LogP) is 2.84. The van der Waals surface area contributed by atoms with E-state index in [1.165, 1.54) is 11.3 Å². The van der Waals surface area contributed by atoms with Crippen molar-refractivity contribution in [2.45, 2.75) is 19.3 Å². The first-order valence-corrected chi connectivity index (χ1v) is 7.49. The van der Waals surface area contributed by atoms with Gasteiger partial charge in [-0.1, -0.05) is 0 Å². The van der Waals surface area contributed by atoms with Crippen LogP contribution in [-0.4, -0.2) is 35.0 Å². The number of likely N-dealkylation sites (tertiary alicyclic amines) is 1. The Labute approximate surface area is 118 Å². The maximum Gasteiger partial charge on any atom is 0.303 e. The largest absolute Gasteiger partial charge is 0.481 e. The number of amides is 1. The number of carbonyl (C=O) groups excluding carboxylic acids is 1. The number of thiophene rings is 1. The van der Waals surface area contributed by atoms with Gasteiger partial charge < -0.3 is 10.0 Å². The lowest BCUT2D eigenvalue weighted by Crippen LogP contribution is -2.38. The number of nitrogens with zero attached hydrogens (tertiary/aromatic N) is 1. The molecule has 0 unspecified atom stereocenters. The second kappa shape index (κ2) is 5.84. The fourth-order valence-electron chi connectivity index (χ4n) is 2.18. The van der Waals surface area contributed by atoms with Gasteiger partial charge in [0.1, 0.15) is 4.88 Å². The number of carbonyl (C=O) groups is 2. The van der Waals surface area contributed by atoms with Gasteiger partial charge in [0.2, 0.25) is 0 Å². The van der Waals surface area contributed by atoms with Crippen LogP contribution >= 0.6 is 27.3 Å². The van der Waals surface area contributed by atoms with Crippen LogP contribution in [0.5, 0.6) is 0 Å². The van der Waals surface area contributed by atoms with Crippen LogP contribution in [0.1, 0.15) is 28.9 Å². The van der Waals surface area contributed by atoms with Gasteiger partial charge in [-0.3, -0.25) is 9.59 Å². The van der Waals surface area contributed by atoms with Gasteiger partial charge in [0, 0.05) is 24.0 Å². The van der Waals surface area contributed by atoms with Crippen LogP contribution in [0.2, 0.25) is 0 Å². The number of carboxylic acid groups (broad SMARTS) is 1. The second-order valence-electron chi connectivity index (χ2n) is 4.43. The van der Waals surface area contributed by atoms with Gasteiger partial charge in [-0.05, 0) is 46.1 Å². The molecule has 0 spiro atoms. The molecule has 1 aliphatic heterocycles.